The molecule has 0 aliphatic carbocycles. The average molecular weight is 354 g/mol. The predicted octanol–water partition coefficient (Wildman–Crippen LogP) is 2.51. The van der Waals surface area contributed by atoms with Crippen LogP contribution in [-0.2, 0) is 9.53 Å². The standard InChI is InChI=1S/C13H12BrN3O4/c1-16(7-12(18)21-2)13-9-5-8(14)3-4-10(9)15-6-11(13)17(19)20/h3-6H,7H2,1-2H3. The summed E-state index contributed by atoms with van der Waals surface area (Å²) < 4.78 is 5.37. The molecular weight excluding hydrogens is 342 g/mol. The second-order valence-corrected chi connectivity index (χ2v) is 5.26. The van der Waals surface area contributed by atoms with E-state index in [1.807, 2.05) is 0 Å². The van der Waals surface area contributed by atoms with Crippen molar-refractivity contribution in [3.05, 3.63) is 39.0 Å². The van der Waals surface area contributed by atoms with Crippen LogP contribution in [0.4, 0.5) is 11.4 Å². The minimum absolute atomic E-state index is 0.0943. The summed E-state index contributed by atoms with van der Waals surface area (Å²) >= 11 is 3.33. The minimum atomic E-state index is -0.517. The maximum Gasteiger partial charge on any atom is 0.325 e. The van der Waals surface area contributed by atoms with Gasteiger partial charge in [0.25, 0.3) is 0 Å². The van der Waals surface area contributed by atoms with Gasteiger partial charge in [0, 0.05) is 16.9 Å². The Bertz CT molecular complexity index is 720. The van der Waals surface area contributed by atoms with Crippen molar-refractivity contribution in [3.63, 3.8) is 0 Å². The second-order valence-electron chi connectivity index (χ2n) is 4.34. The Morgan fingerprint density at radius 3 is 2.86 bits per heavy atom. The van der Waals surface area contributed by atoms with Gasteiger partial charge in [-0.15, -0.1) is 0 Å². The molecule has 0 atom stereocenters. The van der Waals surface area contributed by atoms with Crippen LogP contribution in [0, 0.1) is 10.1 Å². The zero-order valence-corrected chi connectivity index (χ0v) is 13.0. The van der Waals surface area contributed by atoms with Crippen LogP contribution < -0.4 is 4.90 Å². The molecule has 0 fully saturated rings. The summed E-state index contributed by atoms with van der Waals surface area (Å²) in [4.78, 5) is 27.7. The molecule has 0 radical (unpaired) electrons. The molecule has 7 nitrogen and oxygen atoms in total. The number of fused-ring (bicyclic) bond motifs is 1. The molecule has 1 aromatic carbocycles. The zero-order valence-electron chi connectivity index (χ0n) is 11.4. The van der Waals surface area contributed by atoms with Gasteiger partial charge in [-0.25, -0.2) is 4.98 Å². The van der Waals surface area contributed by atoms with Crippen molar-refractivity contribution in [2.75, 3.05) is 25.6 Å². The fraction of sp³-hybridized carbons (Fsp3) is 0.231. The first kappa shape index (κ1) is 15.2. The third-order valence-corrected chi connectivity index (χ3v) is 3.45. The van der Waals surface area contributed by atoms with Gasteiger partial charge in [-0.1, -0.05) is 15.9 Å². The summed E-state index contributed by atoms with van der Waals surface area (Å²) in [6, 6.07) is 5.28. The van der Waals surface area contributed by atoms with E-state index in [0.717, 1.165) is 4.47 Å². The largest absolute Gasteiger partial charge is 0.468 e. The number of carbonyl (C=O) groups is 1. The van der Waals surface area contributed by atoms with Crippen LogP contribution >= 0.6 is 15.9 Å². The van der Waals surface area contributed by atoms with Gasteiger partial charge in [-0.3, -0.25) is 14.9 Å². The first-order chi connectivity index (χ1) is 9.93. The van der Waals surface area contributed by atoms with E-state index in [-0.39, 0.29) is 12.2 Å². The number of nitrogens with zero attached hydrogens (tertiary/aromatic N) is 3. The average Bonchev–Trinajstić information content (AvgIpc) is 2.45. The lowest BCUT2D eigenvalue weighted by Crippen LogP contribution is -2.27. The molecule has 2 aromatic rings. The predicted molar refractivity (Wildman–Crippen MR) is 81.4 cm³/mol. The van der Waals surface area contributed by atoms with Crippen molar-refractivity contribution in [1.29, 1.82) is 0 Å². The fourth-order valence-electron chi connectivity index (χ4n) is 2.01. The van der Waals surface area contributed by atoms with Gasteiger partial charge in [-0.2, -0.15) is 0 Å². The van der Waals surface area contributed by atoms with Gasteiger partial charge in [0.1, 0.15) is 18.4 Å². The summed E-state index contributed by atoms with van der Waals surface area (Å²) in [5.74, 6) is -0.480. The number of hydrogen-bond donors (Lipinski definition) is 0. The van der Waals surface area contributed by atoms with Gasteiger partial charge in [-0.05, 0) is 18.2 Å². The van der Waals surface area contributed by atoms with Crippen LogP contribution in [0.2, 0.25) is 0 Å². The molecule has 0 spiro atoms. The number of pyridine rings is 1. The molecule has 21 heavy (non-hydrogen) atoms. The summed E-state index contributed by atoms with van der Waals surface area (Å²) in [6.45, 7) is -0.0943. The highest BCUT2D eigenvalue weighted by Crippen LogP contribution is 2.35. The molecule has 0 saturated carbocycles. The lowest BCUT2D eigenvalue weighted by Gasteiger charge is -2.19. The number of benzene rings is 1. The van der Waals surface area contributed by atoms with Crippen LogP contribution in [0.1, 0.15) is 0 Å². The minimum Gasteiger partial charge on any atom is -0.468 e. The first-order valence-electron chi connectivity index (χ1n) is 5.94. The molecule has 1 aromatic heterocycles. The summed E-state index contributed by atoms with van der Waals surface area (Å²) in [5.41, 5.74) is 0.777. The van der Waals surface area contributed by atoms with Crippen molar-refractivity contribution in [2.45, 2.75) is 0 Å². The molecule has 0 aliphatic rings. The Hall–Kier alpha value is -2.22. The summed E-state index contributed by atoms with van der Waals surface area (Å²) in [6.07, 6.45) is 1.19. The van der Waals surface area contributed by atoms with Crippen LogP contribution in [0.3, 0.4) is 0 Å². The first-order valence-corrected chi connectivity index (χ1v) is 6.74. The SMILES string of the molecule is COC(=O)CN(C)c1c([N+](=O)[O-])cnc2ccc(Br)cc12. The van der Waals surface area contributed by atoms with Crippen LogP contribution in [0.5, 0.6) is 0 Å². The lowest BCUT2D eigenvalue weighted by molar-refractivity contribution is -0.384. The lowest BCUT2D eigenvalue weighted by atomic mass is 10.1. The Kier molecular flexibility index (Phi) is 4.37. The maximum absolute atomic E-state index is 11.4. The van der Waals surface area contributed by atoms with Crippen molar-refractivity contribution in [3.8, 4) is 0 Å². The van der Waals surface area contributed by atoms with Crippen LogP contribution in [0.15, 0.2) is 28.9 Å². The number of hydrogen-bond acceptors (Lipinski definition) is 6. The Balaban J connectivity index is 2.66. The molecular formula is C13H12BrN3O4. The molecule has 110 valence electrons. The van der Waals surface area contributed by atoms with Gasteiger partial charge in [0.05, 0.1) is 17.5 Å². The monoisotopic (exact) mass is 353 g/mol. The number of halogens is 1. The zero-order chi connectivity index (χ0) is 15.6. The highest BCUT2D eigenvalue weighted by Gasteiger charge is 2.23. The third kappa shape index (κ3) is 3.10. The van der Waals surface area contributed by atoms with Gasteiger partial charge in [0.15, 0.2) is 0 Å². The molecule has 0 aliphatic heterocycles. The number of rotatable bonds is 4. The van der Waals surface area contributed by atoms with E-state index < -0.39 is 10.9 Å². The number of likely N-dealkylation sites (N-methyl/N-ethyl adjacent to an activating group) is 1. The molecule has 1 heterocycles. The van der Waals surface area contributed by atoms with E-state index in [0.29, 0.717) is 16.6 Å². The number of esters is 1. The Labute approximate surface area is 128 Å². The number of ether oxygens (including phenoxy) is 1. The maximum atomic E-state index is 11.4. The fourth-order valence-corrected chi connectivity index (χ4v) is 2.37. The highest BCUT2D eigenvalue weighted by molar-refractivity contribution is 9.10. The second kappa shape index (κ2) is 6.04. The molecule has 0 unspecified atom stereocenters. The number of methoxy groups -OCH3 is 1. The van der Waals surface area contributed by atoms with Crippen molar-refractivity contribution >= 4 is 44.2 Å². The number of anilines is 1. The molecule has 0 amide bonds. The third-order valence-electron chi connectivity index (χ3n) is 2.95. The highest BCUT2D eigenvalue weighted by atomic mass is 79.9. The Morgan fingerprint density at radius 2 is 2.24 bits per heavy atom. The van der Waals surface area contributed by atoms with Crippen LogP contribution in [0.25, 0.3) is 10.9 Å². The topological polar surface area (TPSA) is 85.6 Å². The van der Waals surface area contributed by atoms with E-state index >= 15 is 0 Å². The molecule has 0 N–H and O–H groups in total. The quantitative estimate of drug-likeness (QED) is 0.476. The molecule has 2 rings (SSSR count). The van der Waals surface area contributed by atoms with E-state index in [2.05, 4.69) is 25.7 Å². The number of aromatic nitrogens is 1. The van der Waals surface area contributed by atoms with E-state index in [1.54, 1.807) is 25.2 Å². The normalized spacial score (nSPS) is 10.4. The summed E-state index contributed by atoms with van der Waals surface area (Å²) in [7, 11) is 2.87. The summed E-state index contributed by atoms with van der Waals surface area (Å²) in [5, 5.41) is 11.8. The van der Waals surface area contributed by atoms with Gasteiger partial charge < -0.3 is 9.64 Å². The molecule has 0 bridgehead atoms. The molecule has 8 heteroatoms. The molecule has 0 saturated heterocycles. The number of nitro groups is 1. The van der Waals surface area contributed by atoms with Gasteiger partial charge in [0.2, 0.25) is 0 Å². The van der Waals surface area contributed by atoms with E-state index in [9.17, 15) is 14.9 Å². The smallest absolute Gasteiger partial charge is 0.325 e. The van der Waals surface area contributed by atoms with E-state index in [4.69, 9.17) is 0 Å². The number of carbonyl (C=O) groups excluding carboxylic acids is 1. The Morgan fingerprint density at radius 1 is 1.52 bits per heavy atom. The van der Waals surface area contributed by atoms with Crippen LogP contribution in [-0.4, -0.2) is 36.6 Å². The van der Waals surface area contributed by atoms with Crippen molar-refractivity contribution in [2.24, 2.45) is 0 Å². The van der Waals surface area contributed by atoms with Crippen molar-refractivity contribution in [1.82, 2.24) is 4.98 Å². The van der Waals surface area contributed by atoms with E-state index in [1.165, 1.54) is 18.2 Å². The van der Waals surface area contributed by atoms with Gasteiger partial charge >= 0.3 is 11.7 Å². The van der Waals surface area contributed by atoms with Crippen molar-refractivity contribution < 1.29 is 14.5 Å².